The molecule has 1 aliphatic carbocycles. The highest BCUT2D eigenvalue weighted by molar-refractivity contribution is 5.90. The lowest BCUT2D eigenvalue weighted by Gasteiger charge is -2.21. The van der Waals surface area contributed by atoms with E-state index >= 15 is 0 Å². The van der Waals surface area contributed by atoms with E-state index in [4.69, 9.17) is 9.47 Å². The van der Waals surface area contributed by atoms with Gasteiger partial charge in [-0.15, -0.1) is 0 Å². The van der Waals surface area contributed by atoms with Crippen LogP contribution >= 0.6 is 0 Å². The first-order chi connectivity index (χ1) is 13.3. The maximum absolute atomic E-state index is 14.9. The number of fused-ring (bicyclic) bond motifs is 1. The minimum absolute atomic E-state index is 0.208. The summed E-state index contributed by atoms with van der Waals surface area (Å²) in [6.07, 6.45) is -0.605. The van der Waals surface area contributed by atoms with Crippen molar-refractivity contribution in [1.29, 1.82) is 0 Å². The van der Waals surface area contributed by atoms with Gasteiger partial charge in [-0.3, -0.25) is 9.69 Å². The molecule has 28 heavy (non-hydrogen) atoms. The first-order valence-electron chi connectivity index (χ1n) is 9.19. The van der Waals surface area contributed by atoms with E-state index in [0.29, 0.717) is 24.3 Å². The Labute approximate surface area is 161 Å². The van der Waals surface area contributed by atoms with E-state index in [1.54, 1.807) is 17.0 Å². The predicted molar refractivity (Wildman–Crippen MR) is 96.5 cm³/mol. The Balaban J connectivity index is 1.48. The molecule has 2 saturated heterocycles. The van der Waals surface area contributed by atoms with Crippen LogP contribution in [0.2, 0.25) is 0 Å². The molecule has 0 aromatic heterocycles. The van der Waals surface area contributed by atoms with E-state index in [1.165, 1.54) is 25.0 Å². The molecule has 2 aliphatic heterocycles. The average Bonchev–Trinajstić information content (AvgIpc) is 3.02. The molecule has 1 N–H and O–H groups in total. The van der Waals surface area contributed by atoms with Gasteiger partial charge in [0.05, 0.1) is 25.9 Å². The molecule has 2 unspecified atom stereocenters. The number of anilines is 1. The third-order valence-corrected chi connectivity index (χ3v) is 5.83. The van der Waals surface area contributed by atoms with Gasteiger partial charge in [-0.1, -0.05) is 6.07 Å². The van der Waals surface area contributed by atoms with Crippen molar-refractivity contribution in [2.75, 3.05) is 38.2 Å². The summed E-state index contributed by atoms with van der Waals surface area (Å²) >= 11 is 0. The van der Waals surface area contributed by atoms with Gasteiger partial charge in [-0.2, -0.15) is 0 Å². The Hall–Kier alpha value is -2.84. The Morgan fingerprint density at radius 2 is 2.18 bits per heavy atom. The molecule has 9 heteroatoms. The molecule has 8 nitrogen and oxygen atoms in total. The number of methoxy groups -OCH3 is 1. The standard InChI is InChI=1S/C19H22FN3O5/c1-11(24)21-7-14-9-23(18(26)28-14)13-3-4-15(16(20)5-13)19-6-12(19)8-22(10-19)17(25)27-2/h3-5,12,14H,6-10H2,1-2H3,(H,21,24)/t12?,14-,19?/m0/s1. The SMILES string of the molecule is COC(=O)N1CC2CC2(c2ccc(N3C[C@H](CNC(C)=O)OC3=O)cc2F)C1. The number of amides is 3. The van der Waals surface area contributed by atoms with Crippen LogP contribution in [0.25, 0.3) is 0 Å². The van der Waals surface area contributed by atoms with E-state index in [0.717, 1.165) is 6.42 Å². The van der Waals surface area contributed by atoms with Crippen LogP contribution in [0, 0.1) is 11.7 Å². The molecule has 0 spiro atoms. The molecule has 1 aromatic carbocycles. The normalized spacial score (nSPS) is 28.0. The van der Waals surface area contributed by atoms with Gasteiger partial charge in [-0.25, -0.2) is 14.0 Å². The minimum atomic E-state index is -0.567. The third-order valence-electron chi connectivity index (χ3n) is 5.83. The van der Waals surface area contributed by atoms with E-state index in [-0.39, 0.29) is 30.3 Å². The largest absolute Gasteiger partial charge is 0.453 e. The van der Waals surface area contributed by atoms with Gasteiger partial charge in [0, 0.05) is 25.4 Å². The van der Waals surface area contributed by atoms with E-state index in [1.807, 2.05) is 0 Å². The molecule has 0 radical (unpaired) electrons. The fraction of sp³-hybridized carbons (Fsp3) is 0.526. The van der Waals surface area contributed by atoms with E-state index in [2.05, 4.69) is 5.32 Å². The molecule has 2 heterocycles. The second kappa shape index (κ2) is 6.65. The van der Waals surface area contributed by atoms with Gasteiger partial charge in [0.1, 0.15) is 11.9 Å². The van der Waals surface area contributed by atoms with Gasteiger partial charge >= 0.3 is 12.2 Å². The lowest BCUT2D eigenvalue weighted by Crippen LogP contribution is -2.33. The summed E-state index contributed by atoms with van der Waals surface area (Å²) < 4.78 is 24.9. The molecule has 3 amide bonds. The zero-order chi connectivity index (χ0) is 20.1. The molecular weight excluding hydrogens is 369 g/mol. The summed E-state index contributed by atoms with van der Waals surface area (Å²) in [5, 5.41) is 2.61. The van der Waals surface area contributed by atoms with Crippen LogP contribution in [0.5, 0.6) is 0 Å². The number of carbonyl (C=O) groups is 3. The van der Waals surface area contributed by atoms with Crippen molar-refractivity contribution < 1.29 is 28.2 Å². The smallest absolute Gasteiger partial charge is 0.414 e. The lowest BCUT2D eigenvalue weighted by atomic mass is 9.94. The Morgan fingerprint density at radius 1 is 1.39 bits per heavy atom. The van der Waals surface area contributed by atoms with Crippen molar-refractivity contribution in [3.8, 4) is 0 Å². The van der Waals surface area contributed by atoms with Crippen LogP contribution in [0.1, 0.15) is 18.9 Å². The summed E-state index contributed by atoms with van der Waals surface area (Å²) in [5.41, 5.74) is 0.610. The van der Waals surface area contributed by atoms with Gasteiger partial charge in [0.25, 0.3) is 0 Å². The quantitative estimate of drug-likeness (QED) is 0.843. The first-order valence-corrected chi connectivity index (χ1v) is 9.19. The van der Waals surface area contributed by atoms with Crippen LogP contribution in [0.15, 0.2) is 18.2 Å². The molecule has 1 aromatic rings. The zero-order valence-corrected chi connectivity index (χ0v) is 15.7. The molecule has 1 saturated carbocycles. The number of halogens is 1. The number of carbonyl (C=O) groups excluding carboxylic acids is 3. The highest BCUT2D eigenvalue weighted by Crippen LogP contribution is 2.59. The van der Waals surface area contributed by atoms with Crippen molar-refractivity contribution in [3.63, 3.8) is 0 Å². The number of nitrogens with zero attached hydrogens (tertiary/aromatic N) is 2. The van der Waals surface area contributed by atoms with Crippen LogP contribution in [-0.4, -0.2) is 62.4 Å². The maximum atomic E-state index is 14.9. The number of likely N-dealkylation sites (tertiary alicyclic amines) is 1. The number of piperidine rings is 1. The van der Waals surface area contributed by atoms with Crippen LogP contribution in [-0.2, 0) is 19.7 Å². The van der Waals surface area contributed by atoms with Crippen LogP contribution in [0.3, 0.4) is 0 Å². The molecule has 3 fully saturated rings. The number of ether oxygens (including phenoxy) is 2. The van der Waals surface area contributed by atoms with E-state index < -0.39 is 24.1 Å². The number of rotatable bonds is 4. The number of cyclic esters (lactones) is 1. The Morgan fingerprint density at radius 3 is 2.86 bits per heavy atom. The zero-order valence-electron chi connectivity index (χ0n) is 15.7. The second-order valence-corrected chi connectivity index (χ2v) is 7.63. The van der Waals surface area contributed by atoms with Crippen molar-refractivity contribution in [2.24, 2.45) is 5.92 Å². The summed E-state index contributed by atoms with van der Waals surface area (Å²) in [6.45, 7) is 2.84. The molecule has 3 aliphatic rings. The van der Waals surface area contributed by atoms with Gasteiger partial charge in [-0.05, 0) is 30.0 Å². The van der Waals surface area contributed by atoms with E-state index in [9.17, 15) is 18.8 Å². The first kappa shape index (κ1) is 18.5. The van der Waals surface area contributed by atoms with Crippen molar-refractivity contribution >= 4 is 23.8 Å². The molecule has 4 rings (SSSR count). The van der Waals surface area contributed by atoms with Crippen LogP contribution in [0.4, 0.5) is 19.7 Å². The molecule has 3 atom stereocenters. The molecule has 150 valence electrons. The summed E-state index contributed by atoms with van der Waals surface area (Å²) in [7, 11) is 1.34. The summed E-state index contributed by atoms with van der Waals surface area (Å²) in [5.74, 6) is -0.378. The van der Waals surface area contributed by atoms with Crippen molar-refractivity contribution in [2.45, 2.75) is 24.9 Å². The van der Waals surface area contributed by atoms with Gasteiger partial charge in [0.15, 0.2) is 0 Å². The molecular formula is C19H22FN3O5. The van der Waals surface area contributed by atoms with Gasteiger partial charge < -0.3 is 19.7 Å². The van der Waals surface area contributed by atoms with Crippen molar-refractivity contribution in [1.82, 2.24) is 10.2 Å². The second-order valence-electron chi connectivity index (χ2n) is 7.63. The topological polar surface area (TPSA) is 88.2 Å². The summed E-state index contributed by atoms with van der Waals surface area (Å²) in [6, 6.07) is 4.73. The average molecular weight is 391 g/mol. The van der Waals surface area contributed by atoms with Gasteiger partial charge in [0.2, 0.25) is 5.91 Å². The lowest BCUT2D eigenvalue weighted by molar-refractivity contribution is -0.119. The number of nitrogens with one attached hydrogen (secondary N) is 1. The number of hydrogen-bond acceptors (Lipinski definition) is 5. The highest BCUT2D eigenvalue weighted by atomic mass is 19.1. The monoisotopic (exact) mass is 391 g/mol. The Bertz CT molecular complexity index is 847. The fourth-order valence-corrected chi connectivity index (χ4v) is 4.34. The van der Waals surface area contributed by atoms with Crippen LogP contribution < -0.4 is 10.2 Å². The molecule has 0 bridgehead atoms. The summed E-state index contributed by atoms with van der Waals surface area (Å²) in [4.78, 5) is 37.8. The number of hydrogen-bond donors (Lipinski definition) is 1. The Kier molecular flexibility index (Phi) is 4.40. The van der Waals surface area contributed by atoms with Crippen molar-refractivity contribution in [3.05, 3.63) is 29.6 Å². The minimum Gasteiger partial charge on any atom is -0.453 e. The maximum Gasteiger partial charge on any atom is 0.414 e. The number of benzene rings is 1. The highest BCUT2D eigenvalue weighted by Gasteiger charge is 2.62. The third kappa shape index (κ3) is 3.04. The fourth-order valence-electron chi connectivity index (χ4n) is 4.34. The predicted octanol–water partition coefficient (Wildman–Crippen LogP) is 1.63.